The molecule has 2 amide bonds. The Morgan fingerprint density at radius 1 is 1.00 bits per heavy atom. The van der Waals surface area contributed by atoms with Gasteiger partial charge in [-0.2, -0.15) is 4.31 Å². The standard InChI is InChI=1S/C27H43N3O4S/c1-4-17-29(35(33,34)5-2)21-26(31)30(20-24-14-10-9-11-22(24)3)25-15-18-28(19-16-25)27(32)23-12-7-6-8-13-23/h9-11,14,23,25H,4-8,12-13,15-21H2,1-3H3. The van der Waals surface area contributed by atoms with E-state index in [9.17, 15) is 18.0 Å². The van der Waals surface area contributed by atoms with Crippen LogP contribution in [0.1, 0.15) is 76.3 Å². The van der Waals surface area contributed by atoms with Crippen LogP contribution in [-0.2, 0) is 26.2 Å². The molecule has 1 saturated heterocycles. The summed E-state index contributed by atoms with van der Waals surface area (Å²) in [5.41, 5.74) is 2.18. The van der Waals surface area contributed by atoms with E-state index in [1.807, 2.05) is 47.9 Å². The minimum Gasteiger partial charge on any atom is -0.342 e. The zero-order valence-electron chi connectivity index (χ0n) is 21.7. The van der Waals surface area contributed by atoms with Gasteiger partial charge in [0.15, 0.2) is 0 Å². The maximum absolute atomic E-state index is 13.6. The summed E-state index contributed by atoms with van der Waals surface area (Å²) < 4.78 is 26.6. The van der Waals surface area contributed by atoms with Gasteiger partial charge in [-0.15, -0.1) is 0 Å². The summed E-state index contributed by atoms with van der Waals surface area (Å²) in [6, 6.07) is 8.02. The second-order valence-corrected chi connectivity index (χ2v) is 12.3. The van der Waals surface area contributed by atoms with Crippen LogP contribution < -0.4 is 0 Å². The molecule has 8 heteroatoms. The first-order valence-electron chi connectivity index (χ1n) is 13.4. The fourth-order valence-electron chi connectivity index (χ4n) is 5.39. The molecule has 0 aromatic heterocycles. The summed E-state index contributed by atoms with van der Waals surface area (Å²) in [5, 5.41) is 0. The van der Waals surface area contributed by atoms with E-state index in [1.165, 1.54) is 10.7 Å². The number of nitrogens with zero attached hydrogens (tertiary/aromatic N) is 3. The number of carbonyl (C=O) groups excluding carboxylic acids is 2. The van der Waals surface area contributed by atoms with Crippen LogP contribution in [0.5, 0.6) is 0 Å². The highest BCUT2D eigenvalue weighted by molar-refractivity contribution is 7.89. The van der Waals surface area contributed by atoms with E-state index in [0.717, 1.165) is 49.7 Å². The van der Waals surface area contributed by atoms with E-state index >= 15 is 0 Å². The van der Waals surface area contributed by atoms with Crippen LogP contribution in [0.4, 0.5) is 0 Å². The zero-order valence-corrected chi connectivity index (χ0v) is 22.6. The first-order valence-corrected chi connectivity index (χ1v) is 15.0. The maximum Gasteiger partial charge on any atom is 0.238 e. The van der Waals surface area contributed by atoms with Crippen molar-refractivity contribution in [3.63, 3.8) is 0 Å². The van der Waals surface area contributed by atoms with Gasteiger partial charge >= 0.3 is 0 Å². The fourth-order valence-corrected chi connectivity index (χ4v) is 6.52. The lowest BCUT2D eigenvalue weighted by atomic mass is 9.87. The zero-order chi connectivity index (χ0) is 25.4. The third-order valence-electron chi connectivity index (χ3n) is 7.64. The Balaban J connectivity index is 1.74. The smallest absolute Gasteiger partial charge is 0.238 e. The Morgan fingerprint density at radius 3 is 2.26 bits per heavy atom. The highest BCUT2D eigenvalue weighted by Gasteiger charge is 2.34. The van der Waals surface area contributed by atoms with E-state index in [4.69, 9.17) is 0 Å². The molecule has 1 aliphatic carbocycles. The molecule has 3 rings (SSSR count). The Morgan fingerprint density at radius 2 is 1.66 bits per heavy atom. The largest absolute Gasteiger partial charge is 0.342 e. The minimum atomic E-state index is -3.46. The van der Waals surface area contributed by atoms with E-state index in [1.54, 1.807) is 6.92 Å². The summed E-state index contributed by atoms with van der Waals surface area (Å²) in [7, 11) is -3.46. The molecule has 196 valence electrons. The molecule has 1 heterocycles. The topological polar surface area (TPSA) is 78.0 Å². The fraction of sp³-hybridized carbons (Fsp3) is 0.704. The van der Waals surface area contributed by atoms with Crippen LogP contribution in [0.2, 0.25) is 0 Å². The highest BCUT2D eigenvalue weighted by atomic mass is 32.2. The van der Waals surface area contributed by atoms with Crippen molar-refractivity contribution in [3.05, 3.63) is 35.4 Å². The van der Waals surface area contributed by atoms with Gasteiger partial charge in [-0.1, -0.05) is 50.5 Å². The molecule has 0 radical (unpaired) electrons. The number of sulfonamides is 1. The summed E-state index contributed by atoms with van der Waals surface area (Å²) in [4.78, 5) is 30.5. The predicted octanol–water partition coefficient (Wildman–Crippen LogP) is 3.96. The second-order valence-electron chi connectivity index (χ2n) is 10.1. The van der Waals surface area contributed by atoms with E-state index < -0.39 is 10.0 Å². The molecule has 1 saturated carbocycles. The normalized spacial score (nSPS) is 18.1. The first kappa shape index (κ1) is 27.7. The summed E-state index contributed by atoms with van der Waals surface area (Å²) in [6.07, 6.45) is 7.61. The molecule has 0 unspecified atom stereocenters. The molecular weight excluding hydrogens is 462 g/mol. The van der Waals surface area contributed by atoms with Crippen LogP contribution in [-0.4, -0.2) is 72.3 Å². The number of likely N-dealkylation sites (tertiary alicyclic amines) is 1. The third kappa shape index (κ3) is 7.29. The van der Waals surface area contributed by atoms with Crippen molar-refractivity contribution < 1.29 is 18.0 Å². The van der Waals surface area contributed by atoms with Crippen LogP contribution in [0, 0.1) is 12.8 Å². The number of aryl methyl sites for hydroxylation is 1. The van der Waals surface area contributed by atoms with Gasteiger partial charge < -0.3 is 9.80 Å². The Hall–Kier alpha value is -1.93. The van der Waals surface area contributed by atoms with Crippen LogP contribution in [0.3, 0.4) is 0 Å². The van der Waals surface area contributed by atoms with Crippen molar-refractivity contribution in [2.75, 3.05) is 31.9 Å². The van der Waals surface area contributed by atoms with Gasteiger partial charge in [-0.3, -0.25) is 9.59 Å². The van der Waals surface area contributed by atoms with E-state index in [-0.39, 0.29) is 36.1 Å². The van der Waals surface area contributed by atoms with Gasteiger partial charge in [-0.25, -0.2) is 8.42 Å². The van der Waals surface area contributed by atoms with Crippen molar-refractivity contribution in [3.8, 4) is 0 Å². The summed E-state index contributed by atoms with van der Waals surface area (Å²) >= 11 is 0. The third-order valence-corrected chi connectivity index (χ3v) is 9.46. The molecule has 2 fully saturated rings. The molecule has 1 aromatic rings. The second kappa shape index (κ2) is 12.9. The lowest BCUT2D eigenvalue weighted by Gasteiger charge is -2.40. The summed E-state index contributed by atoms with van der Waals surface area (Å²) in [5.74, 6) is 0.269. The summed E-state index contributed by atoms with van der Waals surface area (Å²) in [6.45, 7) is 7.56. The molecule has 1 aliphatic heterocycles. The molecule has 0 N–H and O–H groups in total. The highest BCUT2D eigenvalue weighted by Crippen LogP contribution is 2.28. The molecule has 35 heavy (non-hydrogen) atoms. The predicted molar refractivity (Wildman–Crippen MR) is 139 cm³/mol. The van der Waals surface area contributed by atoms with Crippen LogP contribution in [0.15, 0.2) is 24.3 Å². The lowest BCUT2D eigenvalue weighted by molar-refractivity contribution is -0.140. The SMILES string of the molecule is CCCN(CC(=O)N(Cc1ccccc1C)C1CCN(C(=O)C2CCCCC2)CC1)S(=O)(=O)CC. The van der Waals surface area contributed by atoms with Gasteiger partial charge in [0, 0.05) is 38.1 Å². The molecular formula is C27H43N3O4S. The quantitative estimate of drug-likeness (QED) is 0.482. The average Bonchev–Trinajstić information content (AvgIpc) is 2.88. The number of rotatable bonds is 10. The first-order chi connectivity index (χ1) is 16.8. The minimum absolute atomic E-state index is 0.00896. The number of piperidine rings is 1. The van der Waals surface area contributed by atoms with Crippen molar-refractivity contribution in [2.24, 2.45) is 5.92 Å². The molecule has 0 atom stereocenters. The Kier molecular flexibility index (Phi) is 10.2. The number of amides is 2. The van der Waals surface area contributed by atoms with Crippen LogP contribution >= 0.6 is 0 Å². The molecule has 7 nitrogen and oxygen atoms in total. The lowest BCUT2D eigenvalue weighted by Crippen LogP contribution is -2.52. The number of hydrogen-bond donors (Lipinski definition) is 0. The van der Waals surface area contributed by atoms with Gasteiger partial charge in [0.25, 0.3) is 0 Å². The van der Waals surface area contributed by atoms with Crippen LogP contribution in [0.25, 0.3) is 0 Å². The van der Waals surface area contributed by atoms with E-state index in [2.05, 4.69) is 0 Å². The maximum atomic E-state index is 13.6. The number of carbonyl (C=O) groups is 2. The monoisotopic (exact) mass is 505 g/mol. The van der Waals surface area contributed by atoms with Gasteiger partial charge in [0.05, 0.1) is 12.3 Å². The number of hydrogen-bond acceptors (Lipinski definition) is 4. The van der Waals surface area contributed by atoms with Gasteiger partial charge in [-0.05, 0) is 57.1 Å². The molecule has 0 spiro atoms. The molecule has 2 aliphatic rings. The van der Waals surface area contributed by atoms with Crippen molar-refractivity contribution in [1.82, 2.24) is 14.1 Å². The van der Waals surface area contributed by atoms with Gasteiger partial charge in [0.1, 0.15) is 0 Å². The van der Waals surface area contributed by atoms with Crippen molar-refractivity contribution >= 4 is 21.8 Å². The van der Waals surface area contributed by atoms with Crippen molar-refractivity contribution in [2.45, 2.75) is 84.7 Å². The average molecular weight is 506 g/mol. The Bertz CT molecular complexity index is 951. The van der Waals surface area contributed by atoms with Gasteiger partial charge in [0.2, 0.25) is 21.8 Å². The van der Waals surface area contributed by atoms with Crippen molar-refractivity contribution in [1.29, 1.82) is 0 Å². The van der Waals surface area contributed by atoms with E-state index in [0.29, 0.717) is 32.6 Å². The Labute approximate surface area is 211 Å². The molecule has 1 aromatic carbocycles. The number of benzene rings is 1. The molecule has 0 bridgehead atoms.